The molecule has 1 atom stereocenters. The van der Waals surface area contributed by atoms with Gasteiger partial charge < -0.3 is 10.8 Å². The molecule has 0 aliphatic heterocycles. The van der Waals surface area contributed by atoms with E-state index >= 15 is 0 Å². The van der Waals surface area contributed by atoms with E-state index < -0.39 is 6.04 Å². The molecular formula is C12H12BrN3O. The number of nitrogens with zero attached hydrogens (tertiary/aromatic N) is 2. The first-order valence-electron chi connectivity index (χ1n) is 5.16. The lowest BCUT2D eigenvalue weighted by Gasteiger charge is -2.08. The topological polar surface area (TPSA) is 72.0 Å². The summed E-state index contributed by atoms with van der Waals surface area (Å²) in [6, 6.07) is 9.09. The van der Waals surface area contributed by atoms with Crippen molar-refractivity contribution in [1.82, 2.24) is 9.97 Å². The van der Waals surface area contributed by atoms with Crippen molar-refractivity contribution in [2.24, 2.45) is 5.73 Å². The maximum absolute atomic E-state index is 8.97. The molecule has 17 heavy (non-hydrogen) atoms. The predicted octanol–water partition coefficient (Wildman–Crippen LogP) is 1.90. The van der Waals surface area contributed by atoms with Crippen LogP contribution in [0.25, 0.3) is 11.3 Å². The minimum Gasteiger partial charge on any atom is -0.394 e. The number of hydrogen-bond acceptors (Lipinski definition) is 4. The van der Waals surface area contributed by atoms with E-state index in [1.54, 1.807) is 6.20 Å². The van der Waals surface area contributed by atoms with E-state index in [-0.39, 0.29) is 6.61 Å². The Bertz CT molecular complexity index is 501. The van der Waals surface area contributed by atoms with Crippen LogP contribution in [0.5, 0.6) is 0 Å². The summed E-state index contributed by atoms with van der Waals surface area (Å²) >= 11 is 3.38. The van der Waals surface area contributed by atoms with Crippen LogP contribution < -0.4 is 5.73 Å². The summed E-state index contributed by atoms with van der Waals surface area (Å²) in [7, 11) is 0. The Kier molecular flexibility index (Phi) is 3.83. The van der Waals surface area contributed by atoms with Crippen molar-refractivity contribution in [2.45, 2.75) is 6.04 Å². The van der Waals surface area contributed by atoms with E-state index in [0.717, 1.165) is 15.7 Å². The summed E-state index contributed by atoms with van der Waals surface area (Å²) in [5.74, 6) is 0.452. The standard InChI is InChI=1S/C12H12BrN3O/c13-9-3-1-8(2-4-9)11-5-6-15-12(16-11)10(14)7-17/h1-6,10,17H,7,14H2. The maximum atomic E-state index is 8.97. The van der Waals surface area contributed by atoms with Crippen molar-refractivity contribution in [3.05, 3.63) is 46.8 Å². The molecule has 0 aliphatic rings. The number of aromatic nitrogens is 2. The molecule has 5 heteroatoms. The molecule has 2 rings (SSSR count). The fourth-order valence-electron chi connectivity index (χ4n) is 1.42. The summed E-state index contributed by atoms with van der Waals surface area (Å²) in [4.78, 5) is 8.38. The molecular weight excluding hydrogens is 282 g/mol. The molecule has 0 amide bonds. The van der Waals surface area contributed by atoms with Crippen LogP contribution in [0.2, 0.25) is 0 Å². The number of hydrogen-bond donors (Lipinski definition) is 2. The van der Waals surface area contributed by atoms with Gasteiger partial charge in [-0.1, -0.05) is 28.1 Å². The first-order chi connectivity index (χ1) is 8.20. The van der Waals surface area contributed by atoms with Gasteiger partial charge in [0.25, 0.3) is 0 Å². The van der Waals surface area contributed by atoms with Crippen LogP contribution in [-0.2, 0) is 0 Å². The molecule has 0 spiro atoms. The third-order valence-electron chi connectivity index (χ3n) is 2.34. The number of nitrogens with two attached hydrogens (primary N) is 1. The van der Waals surface area contributed by atoms with Crippen molar-refractivity contribution >= 4 is 15.9 Å². The van der Waals surface area contributed by atoms with Gasteiger partial charge in [0.1, 0.15) is 5.82 Å². The molecule has 0 fully saturated rings. The van der Waals surface area contributed by atoms with Crippen LogP contribution in [0.15, 0.2) is 41.0 Å². The van der Waals surface area contributed by atoms with Crippen molar-refractivity contribution in [1.29, 1.82) is 0 Å². The SMILES string of the molecule is NC(CO)c1nccc(-c2ccc(Br)cc2)n1. The molecule has 1 aromatic carbocycles. The van der Waals surface area contributed by atoms with Crippen LogP contribution in [-0.4, -0.2) is 21.7 Å². The number of aliphatic hydroxyl groups excluding tert-OH is 1. The van der Waals surface area contributed by atoms with E-state index in [2.05, 4.69) is 25.9 Å². The smallest absolute Gasteiger partial charge is 0.147 e. The van der Waals surface area contributed by atoms with Gasteiger partial charge in [0.2, 0.25) is 0 Å². The average molecular weight is 294 g/mol. The van der Waals surface area contributed by atoms with Gasteiger partial charge in [-0.05, 0) is 18.2 Å². The summed E-state index contributed by atoms with van der Waals surface area (Å²) < 4.78 is 1.02. The molecule has 1 unspecified atom stereocenters. The van der Waals surface area contributed by atoms with Crippen LogP contribution in [0.4, 0.5) is 0 Å². The molecule has 2 aromatic rings. The molecule has 1 aromatic heterocycles. The van der Waals surface area contributed by atoms with Crippen LogP contribution >= 0.6 is 15.9 Å². The summed E-state index contributed by atoms with van der Waals surface area (Å²) in [5.41, 5.74) is 7.47. The van der Waals surface area contributed by atoms with Crippen molar-refractivity contribution in [3.63, 3.8) is 0 Å². The second-order valence-electron chi connectivity index (χ2n) is 3.60. The zero-order chi connectivity index (χ0) is 12.3. The maximum Gasteiger partial charge on any atom is 0.147 e. The monoisotopic (exact) mass is 293 g/mol. The van der Waals surface area contributed by atoms with Gasteiger partial charge in [-0.3, -0.25) is 0 Å². The largest absolute Gasteiger partial charge is 0.394 e. The normalized spacial score (nSPS) is 12.4. The first kappa shape index (κ1) is 12.2. The third-order valence-corrected chi connectivity index (χ3v) is 2.87. The lowest BCUT2D eigenvalue weighted by Crippen LogP contribution is -2.17. The van der Waals surface area contributed by atoms with Gasteiger partial charge in [-0.15, -0.1) is 0 Å². The Labute approximate surface area is 108 Å². The van der Waals surface area contributed by atoms with Gasteiger partial charge in [0.15, 0.2) is 0 Å². The molecule has 0 saturated heterocycles. The predicted molar refractivity (Wildman–Crippen MR) is 69.2 cm³/mol. The van der Waals surface area contributed by atoms with E-state index in [1.165, 1.54) is 0 Å². The second-order valence-corrected chi connectivity index (χ2v) is 4.51. The zero-order valence-corrected chi connectivity index (χ0v) is 10.6. The highest BCUT2D eigenvalue weighted by molar-refractivity contribution is 9.10. The minimum atomic E-state index is -0.537. The molecule has 0 bridgehead atoms. The van der Waals surface area contributed by atoms with Gasteiger partial charge >= 0.3 is 0 Å². The van der Waals surface area contributed by atoms with Crippen molar-refractivity contribution in [3.8, 4) is 11.3 Å². The van der Waals surface area contributed by atoms with Gasteiger partial charge in [0, 0.05) is 16.2 Å². The second kappa shape index (κ2) is 5.35. The summed E-state index contributed by atoms with van der Waals surface area (Å²) in [5, 5.41) is 8.97. The minimum absolute atomic E-state index is 0.163. The van der Waals surface area contributed by atoms with E-state index in [0.29, 0.717) is 5.82 Å². The van der Waals surface area contributed by atoms with Crippen LogP contribution in [0.1, 0.15) is 11.9 Å². The van der Waals surface area contributed by atoms with Crippen LogP contribution in [0, 0.1) is 0 Å². The Balaban J connectivity index is 2.36. The molecule has 0 aliphatic carbocycles. The van der Waals surface area contributed by atoms with E-state index in [9.17, 15) is 0 Å². The molecule has 88 valence electrons. The zero-order valence-electron chi connectivity index (χ0n) is 9.05. The summed E-state index contributed by atoms with van der Waals surface area (Å²) in [6.45, 7) is -0.163. The summed E-state index contributed by atoms with van der Waals surface area (Å²) in [6.07, 6.45) is 1.65. The highest BCUT2D eigenvalue weighted by Gasteiger charge is 2.09. The van der Waals surface area contributed by atoms with Gasteiger partial charge in [-0.25, -0.2) is 9.97 Å². The Morgan fingerprint density at radius 1 is 1.24 bits per heavy atom. The Morgan fingerprint density at radius 3 is 2.59 bits per heavy atom. The van der Waals surface area contributed by atoms with Crippen molar-refractivity contribution < 1.29 is 5.11 Å². The van der Waals surface area contributed by atoms with Gasteiger partial charge in [-0.2, -0.15) is 0 Å². The molecule has 3 N–H and O–H groups in total. The third kappa shape index (κ3) is 2.88. The van der Waals surface area contributed by atoms with E-state index in [1.807, 2.05) is 30.3 Å². The molecule has 0 radical (unpaired) electrons. The molecule has 0 saturated carbocycles. The van der Waals surface area contributed by atoms with Gasteiger partial charge in [0.05, 0.1) is 18.3 Å². The fraction of sp³-hybridized carbons (Fsp3) is 0.167. The highest BCUT2D eigenvalue weighted by atomic mass is 79.9. The fourth-order valence-corrected chi connectivity index (χ4v) is 1.68. The first-order valence-corrected chi connectivity index (χ1v) is 5.95. The van der Waals surface area contributed by atoms with Crippen molar-refractivity contribution in [2.75, 3.05) is 6.61 Å². The van der Waals surface area contributed by atoms with E-state index in [4.69, 9.17) is 10.8 Å². The number of benzene rings is 1. The lowest BCUT2D eigenvalue weighted by molar-refractivity contribution is 0.263. The number of halogens is 1. The Morgan fingerprint density at radius 2 is 1.94 bits per heavy atom. The average Bonchev–Trinajstić information content (AvgIpc) is 2.39. The highest BCUT2D eigenvalue weighted by Crippen LogP contribution is 2.20. The molecule has 1 heterocycles. The number of aliphatic hydroxyl groups is 1. The quantitative estimate of drug-likeness (QED) is 0.907. The Hall–Kier alpha value is -1.30. The van der Waals surface area contributed by atoms with Crippen LogP contribution in [0.3, 0.4) is 0 Å². The lowest BCUT2D eigenvalue weighted by atomic mass is 10.1. The number of rotatable bonds is 3. The molecule has 4 nitrogen and oxygen atoms in total.